The van der Waals surface area contributed by atoms with Gasteiger partial charge in [-0.2, -0.15) is 4.98 Å². The van der Waals surface area contributed by atoms with E-state index in [1.165, 1.54) is 13.3 Å². The summed E-state index contributed by atoms with van der Waals surface area (Å²) < 4.78 is 9.98. The van der Waals surface area contributed by atoms with Crippen molar-refractivity contribution in [2.75, 3.05) is 13.7 Å². The maximum absolute atomic E-state index is 9.34. The van der Waals surface area contributed by atoms with Gasteiger partial charge in [-0.3, -0.25) is 0 Å². The SMILES string of the molecule is CCCCOc1ncc(OC)nc1O. The topological polar surface area (TPSA) is 64.5 Å². The van der Waals surface area contributed by atoms with Crippen LogP contribution in [0.3, 0.4) is 0 Å². The minimum Gasteiger partial charge on any atom is -0.489 e. The van der Waals surface area contributed by atoms with Crippen LogP contribution in [0.2, 0.25) is 0 Å². The summed E-state index contributed by atoms with van der Waals surface area (Å²) in [5.74, 6) is 0.185. The molecule has 0 bridgehead atoms. The van der Waals surface area contributed by atoms with Crippen molar-refractivity contribution < 1.29 is 14.6 Å². The lowest BCUT2D eigenvalue weighted by atomic mass is 10.4. The number of rotatable bonds is 5. The molecule has 1 aromatic rings. The molecule has 5 heteroatoms. The van der Waals surface area contributed by atoms with Crippen molar-refractivity contribution in [1.29, 1.82) is 0 Å². The summed E-state index contributed by atoms with van der Waals surface area (Å²) in [6, 6.07) is 0. The molecule has 1 aromatic heterocycles. The molecule has 1 heterocycles. The lowest BCUT2D eigenvalue weighted by molar-refractivity contribution is 0.272. The van der Waals surface area contributed by atoms with Crippen LogP contribution in [0.1, 0.15) is 19.8 Å². The minimum absolute atomic E-state index is 0.152. The second kappa shape index (κ2) is 5.26. The first-order valence-electron chi connectivity index (χ1n) is 4.50. The van der Waals surface area contributed by atoms with Crippen LogP contribution < -0.4 is 9.47 Å². The molecule has 0 spiro atoms. The zero-order valence-corrected chi connectivity index (χ0v) is 8.36. The number of hydrogen-bond donors (Lipinski definition) is 1. The summed E-state index contributed by atoms with van der Waals surface area (Å²) in [4.78, 5) is 7.58. The van der Waals surface area contributed by atoms with Crippen molar-refractivity contribution in [1.82, 2.24) is 9.97 Å². The molecular weight excluding hydrogens is 184 g/mol. The average Bonchev–Trinajstić information content (AvgIpc) is 2.20. The predicted octanol–water partition coefficient (Wildman–Crippen LogP) is 1.37. The minimum atomic E-state index is -0.236. The van der Waals surface area contributed by atoms with Gasteiger partial charge in [-0.05, 0) is 6.42 Å². The first-order chi connectivity index (χ1) is 6.77. The molecule has 0 saturated carbocycles. The molecule has 0 saturated heterocycles. The molecule has 1 N–H and O–H groups in total. The van der Waals surface area contributed by atoms with E-state index >= 15 is 0 Å². The fourth-order valence-corrected chi connectivity index (χ4v) is 0.866. The number of methoxy groups -OCH3 is 1. The van der Waals surface area contributed by atoms with Gasteiger partial charge >= 0.3 is 0 Å². The smallest absolute Gasteiger partial charge is 0.278 e. The molecule has 14 heavy (non-hydrogen) atoms. The van der Waals surface area contributed by atoms with E-state index in [1.807, 2.05) is 0 Å². The van der Waals surface area contributed by atoms with Gasteiger partial charge in [0.1, 0.15) is 0 Å². The first-order valence-corrected chi connectivity index (χ1v) is 4.50. The Bertz CT molecular complexity index is 291. The van der Waals surface area contributed by atoms with Crippen LogP contribution in [0, 0.1) is 0 Å². The number of aromatic nitrogens is 2. The molecular formula is C9H14N2O3. The Hall–Kier alpha value is -1.52. The Labute approximate surface area is 82.7 Å². The van der Waals surface area contributed by atoms with E-state index < -0.39 is 0 Å². The van der Waals surface area contributed by atoms with Gasteiger partial charge in [0.25, 0.3) is 11.8 Å². The van der Waals surface area contributed by atoms with E-state index in [-0.39, 0.29) is 17.6 Å². The Morgan fingerprint density at radius 2 is 2.29 bits per heavy atom. The van der Waals surface area contributed by atoms with Gasteiger partial charge in [-0.25, -0.2) is 4.98 Å². The summed E-state index contributed by atoms with van der Waals surface area (Å²) in [7, 11) is 1.46. The van der Waals surface area contributed by atoms with Gasteiger partial charge in [0.15, 0.2) is 0 Å². The molecule has 0 aliphatic rings. The fourth-order valence-electron chi connectivity index (χ4n) is 0.866. The second-order valence-corrected chi connectivity index (χ2v) is 2.74. The largest absolute Gasteiger partial charge is 0.489 e. The van der Waals surface area contributed by atoms with Crippen molar-refractivity contribution in [2.24, 2.45) is 0 Å². The highest BCUT2D eigenvalue weighted by Crippen LogP contribution is 2.22. The van der Waals surface area contributed by atoms with Gasteiger partial charge in [-0.1, -0.05) is 13.3 Å². The standard InChI is InChI=1S/C9H14N2O3/c1-3-4-5-14-9-8(12)11-7(13-2)6-10-9/h6H,3-5H2,1-2H3,(H,11,12). The number of unbranched alkanes of at least 4 members (excludes halogenated alkanes) is 1. The van der Waals surface area contributed by atoms with Crippen LogP contribution in [0.5, 0.6) is 17.6 Å². The van der Waals surface area contributed by atoms with E-state index in [1.54, 1.807) is 0 Å². The van der Waals surface area contributed by atoms with Crippen LogP contribution in [0.15, 0.2) is 6.20 Å². The number of hydrogen-bond acceptors (Lipinski definition) is 5. The molecule has 0 fully saturated rings. The molecule has 5 nitrogen and oxygen atoms in total. The normalized spacial score (nSPS) is 9.86. The highest BCUT2D eigenvalue weighted by molar-refractivity contribution is 5.26. The molecule has 1 rings (SSSR count). The van der Waals surface area contributed by atoms with E-state index in [0.717, 1.165) is 12.8 Å². The molecule has 0 aromatic carbocycles. The van der Waals surface area contributed by atoms with Gasteiger partial charge in [0.2, 0.25) is 5.88 Å². The Balaban J connectivity index is 2.59. The zero-order valence-electron chi connectivity index (χ0n) is 8.36. The fraction of sp³-hybridized carbons (Fsp3) is 0.556. The van der Waals surface area contributed by atoms with Crippen LogP contribution >= 0.6 is 0 Å². The third-order valence-corrected chi connectivity index (χ3v) is 1.65. The summed E-state index contributed by atoms with van der Waals surface area (Å²) in [6.45, 7) is 2.59. The predicted molar refractivity (Wildman–Crippen MR) is 50.7 cm³/mol. The number of nitrogens with zero attached hydrogens (tertiary/aromatic N) is 2. The van der Waals surface area contributed by atoms with Crippen LogP contribution in [0.25, 0.3) is 0 Å². The highest BCUT2D eigenvalue weighted by Gasteiger charge is 2.06. The number of aromatic hydroxyl groups is 1. The Morgan fingerprint density at radius 3 is 2.86 bits per heavy atom. The van der Waals surface area contributed by atoms with E-state index in [4.69, 9.17) is 9.47 Å². The van der Waals surface area contributed by atoms with Crippen LogP contribution in [-0.2, 0) is 0 Å². The molecule has 0 amide bonds. The Kier molecular flexibility index (Phi) is 3.97. The van der Waals surface area contributed by atoms with Gasteiger partial charge < -0.3 is 14.6 Å². The lowest BCUT2D eigenvalue weighted by Gasteiger charge is -2.05. The quantitative estimate of drug-likeness (QED) is 0.724. The van der Waals surface area contributed by atoms with E-state index in [0.29, 0.717) is 6.61 Å². The second-order valence-electron chi connectivity index (χ2n) is 2.74. The Morgan fingerprint density at radius 1 is 1.50 bits per heavy atom. The summed E-state index contributed by atoms with van der Waals surface area (Å²) in [5.41, 5.74) is 0. The van der Waals surface area contributed by atoms with E-state index in [2.05, 4.69) is 16.9 Å². The maximum atomic E-state index is 9.34. The van der Waals surface area contributed by atoms with Crippen molar-refractivity contribution in [3.63, 3.8) is 0 Å². The van der Waals surface area contributed by atoms with Crippen molar-refractivity contribution in [2.45, 2.75) is 19.8 Å². The first kappa shape index (κ1) is 10.6. The molecule has 0 unspecified atom stereocenters. The highest BCUT2D eigenvalue weighted by atomic mass is 16.5. The molecule has 0 radical (unpaired) electrons. The van der Waals surface area contributed by atoms with Gasteiger partial charge in [0.05, 0.1) is 19.9 Å². The molecule has 0 atom stereocenters. The molecule has 78 valence electrons. The third kappa shape index (κ3) is 2.76. The van der Waals surface area contributed by atoms with E-state index in [9.17, 15) is 5.11 Å². The van der Waals surface area contributed by atoms with Crippen LogP contribution in [0.4, 0.5) is 0 Å². The lowest BCUT2D eigenvalue weighted by Crippen LogP contribution is -2.00. The average molecular weight is 198 g/mol. The van der Waals surface area contributed by atoms with Crippen molar-refractivity contribution in [3.8, 4) is 17.6 Å². The molecule has 0 aliphatic heterocycles. The maximum Gasteiger partial charge on any atom is 0.278 e. The van der Waals surface area contributed by atoms with Crippen molar-refractivity contribution >= 4 is 0 Å². The van der Waals surface area contributed by atoms with Crippen molar-refractivity contribution in [3.05, 3.63) is 6.20 Å². The van der Waals surface area contributed by atoms with Gasteiger partial charge in [-0.15, -0.1) is 0 Å². The third-order valence-electron chi connectivity index (χ3n) is 1.65. The van der Waals surface area contributed by atoms with Gasteiger partial charge in [0, 0.05) is 0 Å². The molecule has 0 aliphatic carbocycles. The summed E-state index contributed by atoms with van der Waals surface area (Å²) >= 11 is 0. The van der Waals surface area contributed by atoms with Crippen LogP contribution in [-0.4, -0.2) is 28.8 Å². The summed E-state index contributed by atoms with van der Waals surface area (Å²) in [6.07, 6.45) is 3.36. The zero-order chi connectivity index (χ0) is 10.4. The monoisotopic (exact) mass is 198 g/mol. The number of ether oxygens (including phenoxy) is 2. The summed E-state index contributed by atoms with van der Waals surface area (Å²) in [5, 5.41) is 9.34.